The van der Waals surface area contributed by atoms with Crippen molar-refractivity contribution >= 4 is 10.9 Å². The molecule has 5 nitrogen and oxygen atoms in total. The van der Waals surface area contributed by atoms with Gasteiger partial charge in [0.1, 0.15) is 12.4 Å². The van der Waals surface area contributed by atoms with Crippen molar-refractivity contribution in [2.45, 2.75) is 164 Å². The van der Waals surface area contributed by atoms with Crippen LogP contribution in [0.4, 0.5) is 0 Å². The first-order chi connectivity index (χ1) is 22.4. The maximum absolute atomic E-state index is 14.2. The number of unbranched alkanes of at least 4 members (excludes halogenated alkanes) is 13. The third-order valence-electron chi connectivity index (χ3n) is 8.65. The van der Waals surface area contributed by atoms with Gasteiger partial charge in [0, 0.05) is 18.0 Å². The summed E-state index contributed by atoms with van der Waals surface area (Å²) in [4.78, 5) is 14.2. The van der Waals surface area contributed by atoms with Crippen molar-refractivity contribution in [3.63, 3.8) is 0 Å². The Morgan fingerprint density at radius 3 is 1.91 bits per heavy atom. The molecule has 1 aromatic carbocycles. The number of ether oxygens (including phenoxy) is 3. The van der Waals surface area contributed by atoms with E-state index in [4.69, 9.17) is 14.2 Å². The highest BCUT2D eigenvalue weighted by Crippen LogP contribution is 2.35. The predicted molar refractivity (Wildman–Crippen MR) is 198 cm³/mol. The summed E-state index contributed by atoms with van der Waals surface area (Å²) in [6.07, 6.45) is 25.2. The number of rotatable bonds is 27. The van der Waals surface area contributed by atoms with Gasteiger partial charge < -0.3 is 18.8 Å². The largest absolute Gasteiger partial charge is 0.494 e. The van der Waals surface area contributed by atoms with Crippen LogP contribution in [0, 0.1) is 0 Å². The first-order valence-electron chi connectivity index (χ1n) is 18.8. The van der Waals surface area contributed by atoms with E-state index in [-0.39, 0.29) is 5.56 Å². The lowest BCUT2D eigenvalue weighted by atomic mass is 10.1. The van der Waals surface area contributed by atoms with Crippen molar-refractivity contribution in [3.05, 3.63) is 51.9 Å². The summed E-state index contributed by atoms with van der Waals surface area (Å²) in [7, 11) is 0. The van der Waals surface area contributed by atoms with Gasteiger partial charge in [0.15, 0.2) is 5.75 Å². The zero-order valence-electron chi connectivity index (χ0n) is 30.5. The van der Waals surface area contributed by atoms with Crippen molar-refractivity contribution in [2.75, 3.05) is 19.8 Å². The summed E-state index contributed by atoms with van der Waals surface area (Å²) in [5.74, 6) is 1.73. The van der Waals surface area contributed by atoms with Gasteiger partial charge in [0.2, 0.25) is 5.75 Å². The Labute approximate surface area is 281 Å². The number of aromatic nitrogens is 1. The molecule has 5 heteroatoms. The molecule has 46 heavy (non-hydrogen) atoms. The van der Waals surface area contributed by atoms with E-state index in [0.717, 1.165) is 68.0 Å². The Kier molecular flexibility index (Phi) is 21.0. The van der Waals surface area contributed by atoms with Gasteiger partial charge in [-0.05, 0) is 71.1 Å². The van der Waals surface area contributed by atoms with Crippen LogP contribution in [0.2, 0.25) is 0 Å². The van der Waals surface area contributed by atoms with Gasteiger partial charge in [-0.15, -0.1) is 0 Å². The molecular formula is C41H67NO4. The van der Waals surface area contributed by atoms with Crippen molar-refractivity contribution in [2.24, 2.45) is 0 Å². The molecular weight excluding hydrogens is 570 g/mol. The van der Waals surface area contributed by atoms with Crippen molar-refractivity contribution in [3.8, 4) is 17.2 Å². The topological polar surface area (TPSA) is 49.7 Å². The minimum atomic E-state index is -0.0936. The molecule has 0 spiro atoms. The highest BCUT2D eigenvalue weighted by molar-refractivity contribution is 5.89. The molecule has 0 radical (unpaired) electrons. The second kappa shape index (κ2) is 24.5. The average molecular weight is 638 g/mol. The molecule has 0 aliphatic heterocycles. The van der Waals surface area contributed by atoms with Crippen LogP contribution in [0.3, 0.4) is 0 Å². The first kappa shape index (κ1) is 39.5. The van der Waals surface area contributed by atoms with E-state index in [0.29, 0.717) is 37.9 Å². The molecule has 0 aliphatic rings. The summed E-state index contributed by atoms with van der Waals surface area (Å²) in [6, 6.07) is 6.13. The molecule has 0 saturated heterocycles. The Morgan fingerprint density at radius 2 is 1.26 bits per heavy atom. The molecule has 0 amide bonds. The van der Waals surface area contributed by atoms with Crippen LogP contribution in [0.15, 0.2) is 46.3 Å². The van der Waals surface area contributed by atoms with E-state index >= 15 is 0 Å². The van der Waals surface area contributed by atoms with Gasteiger partial charge in [0.05, 0.1) is 18.7 Å². The quantitative estimate of drug-likeness (QED) is 0.0722. The SMILES string of the molecule is CCCCCCCCOc1ccc2c(OC/C=C(\C)CCC=C(C)C)c(OCCCCCC)c(=O)n(CCCCCCCC)c2c1. The van der Waals surface area contributed by atoms with Crippen LogP contribution in [-0.4, -0.2) is 24.4 Å². The molecule has 260 valence electrons. The number of benzene rings is 1. The van der Waals surface area contributed by atoms with Crippen molar-refractivity contribution < 1.29 is 14.2 Å². The number of fused-ring (bicyclic) bond motifs is 1. The van der Waals surface area contributed by atoms with Crippen LogP contribution < -0.4 is 19.8 Å². The van der Waals surface area contributed by atoms with Gasteiger partial charge in [-0.25, -0.2) is 0 Å². The molecule has 1 heterocycles. The molecule has 0 aliphatic carbocycles. The third kappa shape index (κ3) is 15.3. The molecule has 1 aromatic heterocycles. The number of aryl methyl sites for hydroxylation is 1. The second-order valence-electron chi connectivity index (χ2n) is 13.3. The van der Waals surface area contributed by atoms with Crippen LogP contribution in [0.25, 0.3) is 10.9 Å². The minimum Gasteiger partial charge on any atom is -0.494 e. The van der Waals surface area contributed by atoms with Crippen molar-refractivity contribution in [1.82, 2.24) is 4.57 Å². The summed E-state index contributed by atoms with van der Waals surface area (Å²) in [5.41, 5.74) is 3.40. The average Bonchev–Trinajstić information content (AvgIpc) is 3.04. The van der Waals surface area contributed by atoms with E-state index < -0.39 is 0 Å². The Morgan fingerprint density at radius 1 is 0.674 bits per heavy atom. The number of hydrogen-bond acceptors (Lipinski definition) is 4. The fourth-order valence-electron chi connectivity index (χ4n) is 5.74. The van der Waals surface area contributed by atoms with Crippen LogP contribution >= 0.6 is 0 Å². The van der Waals surface area contributed by atoms with Gasteiger partial charge in [-0.3, -0.25) is 4.79 Å². The second-order valence-corrected chi connectivity index (χ2v) is 13.3. The zero-order chi connectivity index (χ0) is 33.4. The van der Waals surface area contributed by atoms with Crippen LogP contribution in [0.1, 0.15) is 157 Å². The fraction of sp³-hybridized carbons (Fsp3) is 0.683. The Balaban J connectivity index is 2.39. The number of pyridine rings is 1. The smallest absolute Gasteiger partial charge is 0.297 e. The van der Waals surface area contributed by atoms with Crippen LogP contribution in [-0.2, 0) is 6.54 Å². The van der Waals surface area contributed by atoms with Gasteiger partial charge in [-0.1, -0.05) is 121 Å². The van der Waals surface area contributed by atoms with Gasteiger partial charge in [-0.2, -0.15) is 0 Å². The van der Waals surface area contributed by atoms with E-state index in [2.05, 4.69) is 59.8 Å². The summed E-state index contributed by atoms with van der Waals surface area (Å²) >= 11 is 0. The normalized spacial score (nSPS) is 11.7. The zero-order valence-corrected chi connectivity index (χ0v) is 30.5. The Hall–Kier alpha value is -2.69. The molecule has 0 saturated carbocycles. The van der Waals surface area contributed by atoms with E-state index in [1.807, 2.05) is 16.7 Å². The van der Waals surface area contributed by atoms with E-state index in [9.17, 15) is 4.79 Å². The fourth-order valence-corrected chi connectivity index (χ4v) is 5.74. The van der Waals surface area contributed by atoms with E-state index in [1.54, 1.807) is 0 Å². The molecule has 2 aromatic rings. The number of nitrogens with zero attached hydrogens (tertiary/aromatic N) is 1. The summed E-state index contributed by atoms with van der Waals surface area (Å²) < 4.78 is 20.9. The van der Waals surface area contributed by atoms with Crippen LogP contribution in [0.5, 0.6) is 17.2 Å². The molecule has 0 atom stereocenters. The molecule has 2 rings (SSSR count). The molecule has 0 bridgehead atoms. The van der Waals surface area contributed by atoms with Crippen molar-refractivity contribution in [1.29, 1.82) is 0 Å². The molecule has 0 fully saturated rings. The standard InChI is InChI=1S/C41H67NO4/c1-7-10-13-16-18-20-29-42-38-33-36(44-30-22-19-17-14-11-8-2)26-27-37(38)39(40(41(42)43)45-31-21-15-12-9-3)46-32-28-35(6)25-23-24-34(4)5/h24,26-28,33H,7-23,25,29-32H2,1-6H3/b35-28+. The minimum absolute atomic E-state index is 0.0936. The Bertz CT molecular complexity index is 1220. The van der Waals surface area contributed by atoms with Gasteiger partial charge in [0.25, 0.3) is 5.56 Å². The van der Waals surface area contributed by atoms with E-state index in [1.165, 1.54) is 75.4 Å². The summed E-state index contributed by atoms with van der Waals surface area (Å²) in [6.45, 7) is 15.4. The highest BCUT2D eigenvalue weighted by atomic mass is 16.5. The molecule has 0 N–H and O–H groups in total. The third-order valence-corrected chi connectivity index (χ3v) is 8.65. The molecule has 0 unspecified atom stereocenters. The highest BCUT2D eigenvalue weighted by Gasteiger charge is 2.20. The maximum Gasteiger partial charge on any atom is 0.297 e. The lowest BCUT2D eigenvalue weighted by Crippen LogP contribution is -2.24. The van der Waals surface area contributed by atoms with Gasteiger partial charge >= 0.3 is 0 Å². The monoisotopic (exact) mass is 638 g/mol. The number of hydrogen-bond donors (Lipinski definition) is 0. The summed E-state index contributed by atoms with van der Waals surface area (Å²) in [5, 5.41) is 0.914. The first-order valence-corrected chi connectivity index (χ1v) is 18.8. The number of allylic oxidation sites excluding steroid dienone is 3. The lowest BCUT2D eigenvalue weighted by molar-refractivity contribution is 0.272. The predicted octanol–water partition coefficient (Wildman–Crippen LogP) is 12.1. The lowest BCUT2D eigenvalue weighted by Gasteiger charge is -2.19. The maximum atomic E-state index is 14.2.